The molecule has 0 fully saturated rings. The average Bonchev–Trinajstić information content (AvgIpc) is 2.77. The van der Waals surface area contributed by atoms with Crippen LogP contribution >= 0.6 is 0 Å². The molecule has 0 aliphatic heterocycles. The number of methoxy groups -OCH3 is 1. The Kier molecular flexibility index (Phi) is 4.45. The first-order valence-electron chi connectivity index (χ1n) is 7.03. The van der Waals surface area contributed by atoms with E-state index in [-0.39, 0.29) is 0 Å². The zero-order chi connectivity index (χ0) is 14.7. The molecule has 0 atom stereocenters. The lowest BCUT2D eigenvalue weighted by atomic mass is 10.1. The molecule has 20 heavy (non-hydrogen) atoms. The van der Waals surface area contributed by atoms with Crippen LogP contribution < -0.4 is 5.73 Å². The zero-order valence-corrected chi connectivity index (χ0v) is 12.7. The number of aryl methyl sites for hydroxylation is 1. The van der Waals surface area contributed by atoms with Crippen molar-refractivity contribution in [2.45, 2.75) is 39.8 Å². The minimum Gasteiger partial charge on any atom is -0.383 e. The van der Waals surface area contributed by atoms with E-state index in [1.165, 1.54) is 0 Å². The number of nitrogen functional groups attached to an aromatic ring is 1. The highest BCUT2D eigenvalue weighted by Gasteiger charge is 2.18. The normalized spacial score (nSPS) is 11.2. The molecule has 1 aromatic carbocycles. The maximum atomic E-state index is 6.34. The molecule has 4 nitrogen and oxygen atoms in total. The monoisotopic (exact) mass is 273 g/mol. The smallest absolute Gasteiger partial charge is 0.131 e. The number of nitrogens with two attached hydrogens (primary N) is 1. The van der Waals surface area contributed by atoms with Gasteiger partial charge in [-0.3, -0.25) is 0 Å². The lowest BCUT2D eigenvalue weighted by Gasteiger charge is -2.13. The van der Waals surface area contributed by atoms with Crippen molar-refractivity contribution < 1.29 is 4.74 Å². The molecule has 1 aromatic heterocycles. The van der Waals surface area contributed by atoms with E-state index >= 15 is 0 Å². The van der Waals surface area contributed by atoms with Gasteiger partial charge < -0.3 is 15.0 Å². The van der Waals surface area contributed by atoms with E-state index in [1.54, 1.807) is 7.11 Å². The Labute approximate surface area is 120 Å². The molecule has 0 saturated heterocycles. The summed E-state index contributed by atoms with van der Waals surface area (Å²) in [7, 11) is 1.70. The Morgan fingerprint density at radius 1 is 1.30 bits per heavy atom. The summed E-state index contributed by atoms with van der Waals surface area (Å²) in [5, 5.41) is 0. The fraction of sp³-hybridized carbons (Fsp3) is 0.438. The lowest BCUT2D eigenvalue weighted by molar-refractivity contribution is 0.185. The van der Waals surface area contributed by atoms with Crippen molar-refractivity contribution in [3.63, 3.8) is 0 Å². The van der Waals surface area contributed by atoms with E-state index in [4.69, 9.17) is 15.5 Å². The van der Waals surface area contributed by atoms with Crippen molar-refractivity contribution in [1.82, 2.24) is 9.55 Å². The summed E-state index contributed by atoms with van der Waals surface area (Å²) in [5.74, 6) is 1.76. The van der Waals surface area contributed by atoms with E-state index in [9.17, 15) is 0 Å². The number of ether oxygens (including phenoxy) is 1. The highest BCUT2D eigenvalue weighted by Crippen LogP contribution is 2.31. The van der Waals surface area contributed by atoms with Crippen molar-refractivity contribution in [3.05, 3.63) is 35.7 Å². The maximum Gasteiger partial charge on any atom is 0.131 e. The van der Waals surface area contributed by atoms with Gasteiger partial charge in [0.15, 0.2) is 0 Å². The van der Waals surface area contributed by atoms with Crippen molar-refractivity contribution in [1.29, 1.82) is 0 Å². The summed E-state index contributed by atoms with van der Waals surface area (Å²) in [6, 6.07) is 8.43. The molecule has 2 rings (SSSR count). The predicted molar refractivity (Wildman–Crippen MR) is 82.6 cm³/mol. The van der Waals surface area contributed by atoms with Crippen LogP contribution in [0.5, 0.6) is 0 Å². The molecule has 2 aromatic rings. The Hall–Kier alpha value is -1.81. The van der Waals surface area contributed by atoms with Gasteiger partial charge >= 0.3 is 0 Å². The van der Waals surface area contributed by atoms with E-state index in [0.717, 1.165) is 34.9 Å². The maximum absolute atomic E-state index is 6.34. The quantitative estimate of drug-likeness (QED) is 0.908. The van der Waals surface area contributed by atoms with Crippen LogP contribution in [-0.2, 0) is 17.8 Å². The molecule has 0 radical (unpaired) electrons. The molecule has 0 spiro atoms. The van der Waals surface area contributed by atoms with Crippen molar-refractivity contribution in [2.75, 3.05) is 12.8 Å². The second-order valence-corrected chi connectivity index (χ2v) is 5.17. The Morgan fingerprint density at radius 3 is 2.55 bits per heavy atom. The first-order valence-corrected chi connectivity index (χ1v) is 7.03. The molecule has 0 unspecified atom stereocenters. The van der Waals surface area contributed by atoms with Gasteiger partial charge in [0, 0.05) is 25.1 Å². The number of imidazole rings is 1. The molecule has 0 aliphatic carbocycles. The lowest BCUT2D eigenvalue weighted by Crippen LogP contribution is -2.09. The zero-order valence-electron chi connectivity index (χ0n) is 12.7. The fourth-order valence-corrected chi connectivity index (χ4v) is 2.55. The van der Waals surface area contributed by atoms with Crippen LogP contribution in [-0.4, -0.2) is 16.7 Å². The number of hydrogen-bond acceptors (Lipinski definition) is 3. The third-order valence-corrected chi connectivity index (χ3v) is 3.43. The summed E-state index contributed by atoms with van der Waals surface area (Å²) < 4.78 is 7.38. The third kappa shape index (κ3) is 2.56. The van der Waals surface area contributed by atoms with Gasteiger partial charge in [0.2, 0.25) is 0 Å². The standard InChI is InChI=1S/C16H23N3O/c1-5-14-18-15(16(17)19(14)11(2)3)13-9-7-6-8-12(13)10-20-4/h6-9,11H,5,10,17H2,1-4H3. The fourth-order valence-electron chi connectivity index (χ4n) is 2.55. The van der Waals surface area contributed by atoms with E-state index in [2.05, 4.69) is 37.5 Å². The highest BCUT2D eigenvalue weighted by molar-refractivity contribution is 5.73. The van der Waals surface area contributed by atoms with Gasteiger partial charge in [-0.15, -0.1) is 0 Å². The van der Waals surface area contributed by atoms with Gasteiger partial charge in [-0.1, -0.05) is 31.2 Å². The minimum absolute atomic E-state index is 0.306. The van der Waals surface area contributed by atoms with Gasteiger partial charge in [-0.2, -0.15) is 0 Å². The minimum atomic E-state index is 0.306. The summed E-state index contributed by atoms with van der Waals surface area (Å²) in [4.78, 5) is 4.75. The summed E-state index contributed by atoms with van der Waals surface area (Å²) in [6.07, 6.45) is 0.870. The number of rotatable bonds is 5. The molecule has 1 heterocycles. The Morgan fingerprint density at radius 2 is 2.00 bits per heavy atom. The predicted octanol–water partition coefficient (Wildman–Crippen LogP) is 3.42. The number of aromatic nitrogens is 2. The molecular weight excluding hydrogens is 250 g/mol. The largest absolute Gasteiger partial charge is 0.383 e. The average molecular weight is 273 g/mol. The van der Waals surface area contributed by atoms with Crippen LogP contribution in [0.4, 0.5) is 5.82 Å². The van der Waals surface area contributed by atoms with Crippen LogP contribution in [0.25, 0.3) is 11.3 Å². The second-order valence-electron chi connectivity index (χ2n) is 5.17. The van der Waals surface area contributed by atoms with Crippen molar-refractivity contribution >= 4 is 5.82 Å². The number of anilines is 1. The van der Waals surface area contributed by atoms with Crippen LogP contribution in [0.15, 0.2) is 24.3 Å². The van der Waals surface area contributed by atoms with E-state index in [1.807, 2.05) is 12.1 Å². The molecule has 108 valence electrons. The van der Waals surface area contributed by atoms with Gasteiger partial charge in [-0.25, -0.2) is 4.98 Å². The molecular formula is C16H23N3O. The van der Waals surface area contributed by atoms with Crippen LogP contribution in [0, 0.1) is 0 Å². The van der Waals surface area contributed by atoms with E-state index in [0.29, 0.717) is 12.6 Å². The van der Waals surface area contributed by atoms with Crippen molar-refractivity contribution in [2.24, 2.45) is 0 Å². The second kappa shape index (κ2) is 6.09. The van der Waals surface area contributed by atoms with Crippen molar-refractivity contribution in [3.8, 4) is 11.3 Å². The Balaban J connectivity index is 2.59. The SMILES string of the molecule is CCc1nc(-c2ccccc2COC)c(N)n1C(C)C. The molecule has 0 aliphatic rings. The molecule has 0 saturated carbocycles. The summed E-state index contributed by atoms with van der Waals surface area (Å²) in [5.41, 5.74) is 9.37. The topological polar surface area (TPSA) is 53.1 Å². The van der Waals surface area contributed by atoms with Gasteiger partial charge in [0.25, 0.3) is 0 Å². The van der Waals surface area contributed by atoms with E-state index < -0.39 is 0 Å². The Bertz CT molecular complexity index is 587. The van der Waals surface area contributed by atoms with Crippen LogP contribution in [0.1, 0.15) is 38.2 Å². The third-order valence-electron chi connectivity index (χ3n) is 3.43. The van der Waals surface area contributed by atoms with Gasteiger partial charge in [-0.05, 0) is 19.4 Å². The molecule has 2 N–H and O–H groups in total. The van der Waals surface area contributed by atoms with Crippen LogP contribution in [0.3, 0.4) is 0 Å². The first-order chi connectivity index (χ1) is 9.60. The summed E-state index contributed by atoms with van der Waals surface area (Å²) >= 11 is 0. The molecule has 0 bridgehead atoms. The molecule has 0 amide bonds. The number of benzene rings is 1. The first kappa shape index (κ1) is 14.6. The van der Waals surface area contributed by atoms with Gasteiger partial charge in [0.1, 0.15) is 17.3 Å². The summed E-state index contributed by atoms with van der Waals surface area (Å²) in [6.45, 7) is 6.92. The molecule has 4 heteroatoms. The van der Waals surface area contributed by atoms with Crippen LogP contribution in [0.2, 0.25) is 0 Å². The number of nitrogens with zero attached hydrogens (tertiary/aromatic N) is 2. The highest BCUT2D eigenvalue weighted by atomic mass is 16.5. The number of hydrogen-bond donors (Lipinski definition) is 1. The van der Waals surface area contributed by atoms with Gasteiger partial charge in [0.05, 0.1) is 6.61 Å².